The maximum Gasteiger partial charge on any atom is 0.141 e. The van der Waals surface area contributed by atoms with E-state index in [2.05, 4.69) is 12.2 Å². The Hall–Kier alpha value is -1.56. The van der Waals surface area contributed by atoms with E-state index < -0.39 is 5.82 Å². The average Bonchev–Trinajstić information content (AvgIpc) is 2.32. The van der Waals surface area contributed by atoms with Crippen molar-refractivity contribution in [3.63, 3.8) is 0 Å². The van der Waals surface area contributed by atoms with Crippen molar-refractivity contribution in [2.24, 2.45) is 5.92 Å². The SMILES string of the molecule is CC1CCCC(Nc2ccc(F)c(C#N)c2)C1. The lowest BCUT2D eigenvalue weighted by Crippen LogP contribution is -2.26. The topological polar surface area (TPSA) is 35.8 Å². The third-order valence-corrected chi connectivity index (χ3v) is 3.39. The van der Waals surface area contributed by atoms with E-state index in [0.29, 0.717) is 6.04 Å². The van der Waals surface area contributed by atoms with Crippen molar-refractivity contribution in [3.05, 3.63) is 29.6 Å². The lowest BCUT2D eigenvalue weighted by molar-refractivity contribution is 0.358. The van der Waals surface area contributed by atoms with Gasteiger partial charge in [-0.25, -0.2) is 4.39 Å². The Morgan fingerprint density at radius 2 is 2.24 bits per heavy atom. The Morgan fingerprint density at radius 3 is 2.94 bits per heavy atom. The average molecular weight is 232 g/mol. The number of anilines is 1. The monoisotopic (exact) mass is 232 g/mol. The summed E-state index contributed by atoms with van der Waals surface area (Å²) in [7, 11) is 0. The van der Waals surface area contributed by atoms with Crippen LogP contribution >= 0.6 is 0 Å². The molecule has 1 aromatic rings. The second kappa shape index (κ2) is 5.18. The van der Waals surface area contributed by atoms with Crippen LogP contribution in [0, 0.1) is 23.1 Å². The summed E-state index contributed by atoms with van der Waals surface area (Å²) in [4.78, 5) is 0. The number of hydrogen-bond acceptors (Lipinski definition) is 2. The molecule has 1 aliphatic carbocycles. The highest BCUT2D eigenvalue weighted by molar-refractivity contribution is 5.50. The van der Waals surface area contributed by atoms with Gasteiger partial charge in [-0.3, -0.25) is 0 Å². The lowest BCUT2D eigenvalue weighted by atomic mass is 9.87. The van der Waals surface area contributed by atoms with Gasteiger partial charge in [-0.2, -0.15) is 5.26 Å². The fourth-order valence-corrected chi connectivity index (χ4v) is 2.50. The Morgan fingerprint density at radius 1 is 1.41 bits per heavy atom. The van der Waals surface area contributed by atoms with Gasteiger partial charge in [0.1, 0.15) is 11.9 Å². The Balaban J connectivity index is 2.06. The summed E-state index contributed by atoms with van der Waals surface area (Å²) in [5.41, 5.74) is 0.959. The van der Waals surface area contributed by atoms with Gasteiger partial charge in [-0.1, -0.05) is 19.8 Å². The molecule has 0 aliphatic heterocycles. The molecule has 3 heteroatoms. The van der Waals surface area contributed by atoms with Crippen LogP contribution in [-0.2, 0) is 0 Å². The highest BCUT2D eigenvalue weighted by atomic mass is 19.1. The van der Waals surface area contributed by atoms with Gasteiger partial charge in [0.25, 0.3) is 0 Å². The second-order valence-electron chi connectivity index (χ2n) is 4.92. The number of benzene rings is 1. The third-order valence-electron chi connectivity index (χ3n) is 3.39. The van der Waals surface area contributed by atoms with Crippen molar-refractivity contribution in [2.75, 3.05) is 5.32 Å². The minimum Gasteiger partial charge on any atom is -0.382 e. The van der Waals surface area contributed by atoms with Gasteiger partial charge in [0.15, 0.2) is 0 Å². The molecule has 2 atom stereocenters. The van der Waals surface area contributed by atoms with Crippen LogP contribution in [-0.4, -0.2) is 6.04 Å². The lowest BCUT2D eigenvalue weighted by Gasteiger charge is -2.28. The summed E-state index contributed by atoms with van der Waals surface area (Å²) in [6.07, 6.45) is 4.85. The van der Waals surface area contributed by atoms with Crippen molar-refractivity contribution in [3.8, 4) is 6.07 Å². The summed E-state index contributed by atoms with van der Waals surface area (Å²) >= 11 is 0. The van der Waals surface area contributed by atoms with Gasteiger partial charge < -0.3 is 5.32 Å². The molecule has 2 rings (SSSR count). The second-order valence-corrected chi connectivity index (χ2v) is 4.92. The zero-order chi connectivity index (χ0) is 12.3. The van der Waals surface area contributed by atoms with Gasteiger partial charge >= 0.3 is 0 Å². The molecule has 0 radical (unpaired) electrons. The van der Waals surface area contributed by atoms with E-state index in [1.165, 1.54) is 18.9 Å². The molecule has 1 saturated carbocycles. The molecule has 2 nitrogen and oxygen atoms in total. The van der Waals surface area contributed by atoms with Crippen LogP contribution in [0.1, 0.15) is 38.2 Å². The normalized spacial score (nSPS) is 24.1. The highest BCUT2D eigenvalue weighted by Gasteiger charge is 2.18. The van der Waals surface area contributed by atoms with E-state index >= 15 is 0 Å². The molecule has 90 valence electrons. The summed E-state index contributed by atoms with van der Waals surface area (Å²) < 4.78 is 13.2. The molecule has 1 N–H and O–H groups in total. The Labute approximate surface area is 101 Å². The standard InChI is InChI=1S/C14H17FN2/c1-10-3-2-4-12(7-10)17-13-5-6-14(15)11(8-13)9-16/h5-6,8,10,12,17H,2-4,7H2,1H3. The van der Waals surface area contributed by atoms with Crippen molar-refractivity contribution >= 4 is 5.69 Å². The first-order valence-corrected chi connectivity index (χ1v) is 6.15. The number of hydrogen-bond donors (Lipinski definition) is 1. The molecule has 2 unspecified atom stereocenters. The maximum absolute atomic E-state index is 13.2. The van der Waals surface area contributed by atoms with Crippen molar-refractivity contribution in [2.45, 2.75) is 38.6 Å². The molecule has 0 bridgehead atoms. The van der Waals surface area contributed by atoms with Crippen LogP contribution < -0.4 is 5.32 Å². The van der Waals surface area contributed by atoms with Crippen molar-refractivity contribution in [1.29, 1.82) is 5.26 Å². The minimum atomic E-state index is -0.449. The molecule has 1 aliphatic rings. The van der Waals surface area contributed by atoms with E-state index in [0.717, 1.165) is 24.4 Å². The molecule has 0 heterocycles. The maximum atomic E-state index is 13.2. The summed E-state index contributed by atoms with van der Waals surface area (Å²) in [5.74, 6) is 0.298. The molecule has 1 fully saturated rings. The largest absolute Gasteiger partial charge is 0.382 e. The first-order chi connectivity index (χ1) is 8.19. The van der Waals surface area contributed by atoms with E-state index in [1.807, 2.05) is 6.07 Å². The number of nitrogens with one attached hydrogen (secondary N) is 1. The van der Waals surface area contributed by atoms with E-state index in [9.17, 15) is 4.39 Å². The smallest absolute Gasteiger partial charge is 0.141 e. The van der Waals surface area contributed by atoms with Crippen LogP contribution in [0.5, 0.6) is 0 Å². The summed E-state index contributed by atoms with van der Waals surface area (Å²) in [5, 5.41) is 12.2. The highest BCUT2D eigenvalue weighted by Crippen LogP contribution is 2.26. The van der Waals surface area contributed by atoms with Crippen LogP contribution in [0.2, 0.25) is 0 Å². The minimum absolute atomic E-state index is 0.110. The van der Waals surface area contributed by atoms with Crippen molar-refractivity contribution in [1.82, 2.24) is 0 Å². The molecule has 17 heavy (non-hydrogen) atoms. The fraction of sp³-hybridized carbons (Fsp3) is 0.500. The van der Waals surface area contributed by atoms with Crippen LogP contribution in [0.3, 0.4) is 0 Å². The van der Waals surface area contributed by atoms with Gasteiger partial charge in [0.2, 0.25) is 0 Å². The van der Waals surface area contributed by atoms with Gasteiger partial charge in [0.05, 0.1) is 5.56 Å². The molecule has 0 saturated heterocycles. The van der Waals surface area contributed by atoms with Crippen LogP contribution in [0.15, 0.2) is 18.2 Å². The zero-order valence-electron chi connectivity index (χ0n) is 10.0. The molecule has 0 aromatic heterocycles. The first kappa shape index (κ1) is 11.9. The number of rotatable bonds is 2. The van der Waals surface area contributed by atoms with Gasteiger partial charge in [-0.05, 0) is 37.0 Å². The van der Waals surface area contributed by atoms with E-state index in [-0.39, 0.29) is 5.56 Å². The Kier molecular flexibility index (Phi) is 3.63. The molecular weight excluding hydrogens is 215 g/mol. The van der Waals surface area contributed by atoms with Gasteiger partial charge in [-0.15, -0.1) is 0 Å². The number of nitrogens with zero attached hydrogens (tertiary/aromatic N) is 1. The van der Waals surface area contributed by atoms with E-state index in [1.54, 1.807) is 12.1 Å². The van der Waals surface area contributed by atoms with Crippen LogP contribution in [0.4, 0.5) is 10.1 Å². The van der Waals surface area contributed by atoms with E-state index in [4.69, 9.17) is 5.26 Å². The van der Waals surface area contributed by atoms with Crippen LogP contribution in [0.25, 0.3) is 0 Å². The summed E-state index contributed by atoms with van der Waals surface area (Å²) in [6.45, 7) is 2.26. The van der Waals surface area contributed by atoms with Crippen molar-refractivity contribution < 1.29 is 4.39 Å². The van der Waals surface area contributed by atoms with Gasteiger partial charge in [0, 0.05) is 11.7 Å². The third kappa shape index (κ3) is 2.97. The summed E-state index contributed by atoms with van der Waals surface area (Å²) in [6, 6.07) is 6.97. The Bertz CT molecular complexity index is 436. The molecular formula is C14H17FN2. The first-order valence-electron chi connectivity index (χ1n) is 6.15. The fourth-order valence-electron chi connectivity index (χ4n) is 2.50. The quantitative estimate of drug-likeness (QED) is 0.844. The number of halogens is 1. The molecule has 1 aromatic carbocycles. The predicted octanol–water partition coefficient (Wildman–Crippen LogP) is 3.69. The molecule has 0 spiro atoms. The zero-order valence-corrected chi connectivity index (χ0v) is 10.0. The molecule has 0 amide bonds. The predicted molar refractivity (Wildman–Crippen MR) is 66.2 cm³/mol. The number of nitriles is 1.